The van der Waals surface area contributed by atoms with E-state index in [2.05, 4.69) is 5.32 Å². The van der Waals surface area contributed by atoms with E-state index in [-0.39, 0.29) is 5.56 Å². The molecule has 2 rings (SSSR count). The molecule has 19 heavy (non-hydrogen) atoms. The van der Waals surface area contributed by atoms with Crippen LogP contribution in [0.2, 0.25) is 0 Å². The Labute approximate surface area is 110 Å². The highest BCUT2D eigenvalue weighted by Gasteiger charge is 2.00. The average Bonchev–Trinajstić information content (AvgIpc) is 2.42. The van der Waals surface area contributed by atoms with Crippen LogP contribution in [0.4, 0.5) is 8.78 Å². The first-order valence-electron chi connectivity index (χ1n) is 6.16. The molecule has 1 aromatic carbocycles. The summed E-state index contributed by atoms with van der Waals surface area (Å²) in [5.74, 6) is -2.46. The number of piperidine rings is 1. The molecule has 0 aromatic heterocycles. The number of carbonyl (C=O) groups is 1. The average molecular weight is 269 g/mol. The molecule has 2 N–H and O–H groups in total. The maximum Gasteiger partial charge on any atom is 0.328 e. The minimum absolute atomic E-state index is 0.0811. The van der Waals surface area contributed by atoms with E-state index in [1.165, 1.54) is 32.4 Å². The third kappa shape index (κ3) is 6.67. The lowest BCUT2D eigenvalue weighted by Crippen LogP contribution is -2.21. The van der Waals surface area contributed by atoms with Crippen LogP contribution < -0.4 is 5.32 Å². The summed E-state index contributed by atoms with van der Waals surface area (Å²) in [7, 11) is 0. The van der Waals surface area contributed by atoms with Crippen molar-refractivity contribution in [2.45, 2.75) is 19.3 Å². The summed E-state index contributed by atoms with van der Waals surface area (Å²) in [6, 6.07) is 2.83. The second-order valence-electron chi connectivity index (χ2n) is 4.15. The Morgan fingerprint density at radius 2 is 1.89 bits per heavy atom. The number of carboxylic acids is 1. The van der Waals surface area contributed by atoms with Gasteiger partial charge >= 0.3 is 5.97 Å². The van der Waals surface area contributed by atoms with Crippen LogP contribution in [0.15, 0.2) is 24.3 Å². The van der Waals surface area contributed by atoms with Gasteiger partial charge in [0.15, 0.2) is 0 Å². The van der Waals surface area contributed by atoms with E-state index >= 15 is 0 Å². The summed E-state index contributed by atoms with van der Waals surface area (Å²) in [6.07, 6.45) is 5.96. The molecule has 0 bridgehead atoms. The molecule has 1 aromatic rings. The van der Waals surface area contributed by atoms with Gasteiger partial charge < -0.3 is 10.4 Å². The van der Waals surface area contributed by atoms with Gasteiger partial charge in [-0.05, 0) is 50.2 Å². The largest absolute Gasteiger partial charge is 0.478 e. The standard InChI is InChI=1S/C9H6F2O2.C5H11N/c10-7-2-3-8(11)6(5-7)1-4-9(12)13;1-2-4-6-5-3-1/h1-5H,(H,12,13);6H,1-5H2. The summed E-state index contributed by atoms with van der Waals surface area (Å²) in [5.41, 5.74) is -0.0811. The molecule has 0 amide bonds. The van der Waals surface area contributed by atoms with E-state index in [1.807, 2.05) is 0 Å². The fraction of sp³-hybridized carbons (Fsp3) is 0.357. The number of carboxylic acid groups (broad SMARTS) is 1. The van der Waals surface area contributed by atoms with Crippen molar-refractivity contribution in [3.8, 4) is 0 Å². The number of benzene rings is 1. The molecule has 104 valence electrons. The molecule has 0 spiro atoms. The summed E-state index contributed by atoms with van der Waals surface area (Å²) in [4.78, 5) is 10.1. The molecule has 5 heteroatoms. The van der Waals surface area contributed by atoms with Crippen molar-refractivity contribution in [3.05, 3.63) is 41.5 Å². The van der Waals surface area contributed by atoms with Gasteiger partial charge in [-0.1, -0.05) is 6.42 Å². The topological polar surface area (TPSA) is 49.3 Å². The molecule has 0 unspecified atom stereocenters. The normalized spacial score (nSPS) is 14.8. The van der Waals surface area contributed by atoms with Crippen molar-refractivity contribution >= 4 is 12.0 Å². The van der Waals surface area contributed by atoms with Crippen LogP contribution in [0.3, 0.4) is 0 Å². The third-order valence-electron chi connectivity index (χ3n) is 2.57. The number of aliphatic carboxylic acids is 1. The quantitative estimate of drug-likeness (QED) is 0.812. The zero-order valence-electron chi connectivity index (χ0n) is 10.5. The zero-order valence-corrected chi connectivity index (χ0v) is 10.5. The molecule has 1 fully saturated rings. The predicted octanol–water partition coefficient (Wildman–Crippen LogP) is 2.82. The Balaban J connectivity index is 0.000000250. The lowest BCUT2D eigenvalue weighted by molar-refractivity contribution is -0.131. The molecular formula is C14H17F2NO2. The minimum Gasteiger partial charge on any atom is -0.478 e. The third-order valence-corrected chi connectivity index (χ3v) is 2.57. The Hall–Kier alpha value is -1.75. The second kappa shape index (κ2) is 8.37. The molecule has 1 saturated heterocycles. The first-order valence-corrected chi connectivity index (χ1v) is 6.16. The number of halogens is 2. The maximum atomic E-state index is 12.8. The SMILES string of the molecule is C1CCNCC1.O=C(O)C=Cc1cc(F)ccc1F. The van der Waals surface area contributed by atoms with Crippen LogP contribution in [-0.2, 0) is 4.79 Å². The molecule has 0 aliphatic carbocycles. The number of nitrogens with one attached hydrogen (secondary N) is 1. The van der Waals surface area contributed by atoms with E-state index in [1.54, 1.807) is 0 Å². The second-order valence-corrected chi connectivity index (χ2v) is 4.15. The van der Waals surface area contributed by atoms with Gasteiger partial charge in [0.1, 0.15) is 11.6 Å². The minimum atomic E-state index is -1.20. The number of hydrogen-bond donors (Lipinski definition) is 2. The fourth-order valence-electron chi connectivity index (χ4n) is 1.61. The highest BCUT2D eigenvalue weighted by atomic mass is 19.1. The van der Waals surface area contributed by atoms with Crippen LogP contribution in [0.25, 0.3) is 6.08 Å². The van der Waals surface area contributed by atoms with Gasteiger partial charge in [-0.2, -0.15) is 0 Å². The van der Waals surface area contributed by atoms with Crippen molar-refractivity contribution in [2.24, 2.45) is 0 Å². The molecule has 0 saturated carbocycles. The molecular weight excluding hydrogens is 252 g/mol. The first-order chi connectivity index (χ1) is 9.09. The molecule has 3 nitrogen and oxygen atoms in total. The van der Waals surface area contributed by atoms with E-state index in [0.29, 0.717) is 0 Å². The van der Waals surface area contributed by atoms with Crippen molar-refractivity contribution < 1.29 is 18.7 Å². The van der Waals surface area contributed by atoms with Gasteiger partial charge in [0.25, 0.3) is 0 Å². The zero-order chi connectivity index (χ0) is 14.1. The van der Waals surface area contributed by atoms with Crippen molar-refractivity contribution in [3.63, 3.8) is 0 Å². The van der Waals surface area contributed by atoms with E-state index < -0.39 is 17.6 Å². The molecule has 1 aliphatic heterocycles. The van der Waals surface area contributed by atoms with Gasteiger partial charge in [0, 0.05) is 11.6 Å². The van der Waals surface area contributed by atoms with Gasteiger partial charge in [-0.3, -0.25) is 0 Å². The van der Waals surface area contributed by atoms with E-state index in [4.69, 9.17) is 5.11 Å². The van der Waals surface area contributed by atoms with Crippen molar-refractivity contribution in [1.29, 1.82) is 0 Å². The molecule has 0 atom stereocenters. The molecule has 1 heterocycles. The van der Waals surface area contributed by atoms with Gasteiger partial charge in [0.2, 0.25) is 0 Å². The monoisotopic (exact) mass is 269 g/mol. The Bertz CT molecular complexity index is 432. The Kier molecular flexibility index (Phi) is 6.74. The molecule has 0 radical (unpaired) electrons. The highest BCUT2D eigenvalue weighted by molar-refractivity contribution is 5.85. The summed E-state index contributed by atoms with van der Waals surface area (Å²) in [6.45, 7) is 2.50. The first kappa shape index (κ1) is 15.3. The van der Waals surface area contributed by atoms with Crippen LogP contribution in [0.1, 0.15) is 24.8 Å². The van der Waals surface area contributed by atoms with Crippen molar-refractivity contribution in [2.75, 3.05) is 13.1 Å². The van der Waals surface area contributed by atoms with Crippen molar-refractivity contribution in [1.82, 2.24) is 5.32 Å². The number of hydrogen-bond acceptors (Lipinski definition) is 2. The highest BCUT2D eigenvalue weighted by Crippen LogP contribution is 2.10. The van der Waals surface area contributed by atoms with Gasteiger partial charge in [-0.15, -0.1) is 0 Å². The van der Waals surface area contributed by atoms with E-state index in [0.717, 1.165) is 30.4 Å². The summed E-state index contributed by atoms with van der Waals surface area (Å²) >= 11 is 0. The lowest BCUT2D eigenvalue weighted by Gasteiger charge is -2.08. The fourth-order valence-corrected chi connectivity index (χ4v) is 1.61. The van der Waals surface area contributed by atoms with Crippen LogP contribution in [0, 0.1) is 11.6 Å². The predicted molar refractivity (Wildman–Crippen MR) is 69.7 cm³/mol. The Morgan fingerprint density at radius 3 is 2.37 bits per heavy atom. The van der Waals surface area contributed by atoms with Gasteiger partial charge in [-0.25, -0.2) is 13.6 Å². The summed E-state index contributed by atoms with van der Waals surface area (Å²) < 4.78 is 25.3. The van der Waals surface area contributed by atoms with Crippen LogP contribution in [0.5, 0.6) is 0 Å². The van der Waals surface area contributed by atoms with Crippen LogP contribution >= 0.6 is 0 Å². The van der Waals surface area contributed by atoms with E-state index in [9.17, 15) is 13.6 Å². The molecule has 1 aliphatic rings. The smallest absolute Gasteiger partial charge is 0.328 e. The maximum absolute atomic E-state index is 12.8. The van der Waals surface area contributed by atoms with Gasteiger partial charge in [0.05, 0.1) is 0 Å². The summed E-state index contributed by atoms with van der Waals surface area (Å²) in [5, 5.41) is 11.5. The number of rotatable bonds is 2. The Morgan fingerprint density at radius 1 is 1.21 bits per heavy atom. The lowest BCUT2D eigenvalue weighted by atomic mass is 10.2. The van der Waals surface area contributed by atoms with Crippen LogP contribution in [-0.4, -0.2) is 24.2 Å².